The largest absolute Gasteiger partial charge is 0.351 e. The van der Waals surface area contributed by atoms with E-state index in [-0.39, 0.29) is 60.1 Å². The van der Waals surface area contributed by atoms with Crippen LogP contribution in [0.25, 0.3) is 0 Å². The van der Waals surface area contributed by atoms with Gasteiger partial charge in [0.05, 0.1) is 18.5 Å². The summed E-state index contributed by atoms with van der Waals surface area (Å²) in [7, 11) is 1.65. The van der Waals surface area contributed by atoms with E-state index in [9.17, 15) is 28.8 Å². The second kappa shape index (κ2) is 19.0. The summed E-state index contributed by atoms with van der Waals surface area (Å²) in [5.41, 5.74) is -1.63. The summed E-state index contributed by atoms with van der Waals surface area (Å²) >= 11 is 0. The van der Waals surface area contributed by atoms with Crippen LogP contribution in [0.15, 0.2) is 0 Å². The van der Waals surface area contributed by atoms with Crippen LogP contribution in [0, 0.1) is 34.0 Å². The van der Waals surface area contributed by atoms with E-state index in [0.29, 0.717) is 12.3 Å². The third-order valence-corrected chi connectivity index (χ3v) is 9.98. The number of carbonyl (C=O) groups is 6. The molecular formula is C39H70N4O6. The van der Waals surface area contributed by atoms with Gasteiger partial charge in [-0.05, 0) is 35.5 Å². The highest BCUT2D eigenvalue weighted by atomic mass is 16.2. The van der Waals surface area contributed by atoms with E-state index in [1.165, 1.54) is 24.2 Å². The molecule has 0 aromatic heterocycles. The van der Waals surface area contributed by atoms with E-state index < -0.39 is 40.6 Å². The second-order valence-electron chi connectivity index (χ2n) is 17.9. The molecule has 1 fully saturated rings. The van der Waals surface area contributed by atoms with Crippen LogP contribution >= 0.6 is 0 Å². The Kier molecular flexibility index (Phi) is 17.2. The highest BCUT2D eigenvalue weighted by Crippen LogP contribution is 2.29. The van der Waals surface area contributed by atoms with Crippen LogP contribution < -0.4 is 16.0 Å². The van der Waals surface area contributed by atoms with Crippen molar-refractivity contribution in [1.82, 2.24) is 20.9 Å². The molecule has 2 unspecified atom stereocenters. The maximum Gasteiger partial charge on any atom is 0.243 e. The van der Waals surface area contributed by atoms with Gasteiger partial charge in [-0.3, -0.25) is 28.8 Å². The fraction of sp³-hybridized carbons (Fsp3) is 0.846. The Balaban J connectivity index is 3.15. The van der Waals surface area contributed by atoms with Crippen molar-refractivity contribution in [3.8, 4) is 0 Å². The molecule has 1 saturated carbocycles. The Bertz CT molecular complexity index is 1140. The normalized spacial score (nSPS) is 17.0. The lowest BCUT2D eigenvalue weighted by molar-refractivity contribution is -0.143. The molecule has 49 heavy (non-hydrogen) atoms. The van der Waals surface area contributed by atoms with Gasteiger partial charge >= 0.3 is 0 Å². The fourth-order valence-electron chi connectivity index (χ4n) is 6.70. The van der Waals surface area contributed by atoms with Crippen LogP contribution in [0.3, 0.4) is 0 Å². The van der Waals surface area contributed by atoms with E-state index in [1.807, 2.05) is 62.3 Å². The lowest BCUT2D eigenvalue weighted by Crippen LogP contribution is -2.57. The van der Waals surface area contributed by atoms with Gasteiger partial charge in [0, 0.05) is 37.8 Å². The van der Waals surface area contributed by atoms with E-state index in [2.05, 4.69) is 16.0 Å². The molecule has 0 saturated heterocycles. The molecule has 3 N–H and O–H groups in total. The number of nitrogens with zero attached hydrogens (tertiary/aromatic N) is 1. The van der Waals surface area contributed by atoms with E-state index in [4.69, 9.17) is 0 Å². The number of likely N-dealkylation sites (N-methyl/N-ethyl adjacent to an activating group) is 1. The summed E-state index contributed by atoms with van der Waals surface area (Å²) < 4.78 is 0. The molecule has 282 valence electrons. The average Bonchev–Trinajstić information content (AvgIpc) is 2.98. The van der Waals surface area contributed by atoms with Crippen molar-refractivity contribution >= 4 is 35.2 Å². The number of nitrogens with one attached hydrogen (secondary N) is 3. The molecule has 0 radical (unpaired) electrons. The molecule has 0 bridgehead atoms. The Morgan fingerprint density at radius 3 is 1.82 bits per heavy atom. The third kappa shape index (κ3) is 14.9. The minimum Gasteiger partial charge on any atom is -0.351 e. The highest BCUT2D eigenvalue weighted by molar-refractivity contribution is 5.97. The van der Waals surface area contributed by atoms with Crippen molar-refractivity contribution in [2.75, 3.05) is 13.6 Å². The highest BCUT2D eigenvalue weighted by Gasteiger charge is 2.39. The Morgan fingerprint density at radius 2 is 1.35 bits per heavy atom. The SMILES string of the molecule is CCC(NC(=O)CNC(=O)[C@@H](CC(=O)[C@@H](NC(=O)C(C(C)C)N(C)C(=O)CCC1CCCCC1)C(C)(C)C)CC(=O)C(C)(C)C)C(C)(C)C. The molecule has 0 heterocycles. The molecule has 10 nitrogen and oxygen atoms in total. The Labute approximate surface area is 297 Å². The van der Waals surface area contributed by atoms with Crippen LogP contribution in [0.4, 0.5) is 0 Å². The zero-order valence-corrected chi connectivity index (χ0v) is 33.1. The first-order valence-corrected chi connectivity index (χ1v) is 18.6. The molecule has 0 aromatic carbocycles. The van der Waals surface area contributed by atoms with E-state index in [0.717, 1.165) is 25.7 Å². The van der Waals surface area contributed by atoms with Crippen molar-refractivity contribution in [1.29, 1.82) is 0 Å². The minimum absolute atomic E-state index is 0.0891. The Morgan fingerprint density at radius 1 is 0.776 bits per heavy atom. The molecule has 4 amide bonds. The summed E-state index contributed by atoms with van der Waals surface area (Å²) in [4.78, 5) is 82.0. The first kappa shape index (κ1) is 44.2. The molecule has 1 aliphatic carbocycles. The number of ketones is 2. The Hall–Kier alpha value is -2.78. The number of rotatable bonds is 17. The van der Waals surface area contributed by atoms with E-state index >= 15 is 0 Å². The number of amides is 4. The quantitative estimate of drug-likeness (QED) is 0.171. The molecule has 0 aliphatic heterocycles. The van der Waals surface area contributed by atoms with Crippen molar-refractivity contribution in [3.05, 3.63) is 0 Å². The zero-order valence-electron chi connectivity index (χ0n) is 33.1. The minimum atomic E-state index is -1.02. The number of Topliss-reactive ketones (excluding diaryl/α,β-unsaturated/α-hetero) is 2. The van der Waals surface area contributed by atoms with Gasteiger partial charge in [-0.15, -0.1) is 0 Å². The van der Waals surface area contributed by atoms with Crippen LogP contribution in [0.2, 0.25) is 0 Å². The van der Waals surface area contributed by atoms with Gasteiger partial charge in [0.25, 0.3) is 0 Å². The fourth-order valence-corrected chi connectivity index (χ4v) is 6.70. The molecule has 0 spiro atoms. The summed E-state index contributed by atoms with van der Waals surface area (Å²) in [5.74, 6) is -2.69. The maximum atomic E-state index is 14.0. The molecule has 4 atom stereocenters. The van der Waals surface area contributed by atoms with Gasteiger partial charge in [-0.1, -0.05) is 115 Å². The van der Waals surface area contributed by atoms with Gasteiger partial charge < -0.3 is 20.9 Å². The molecule has 1 aliphatic rings. The van der Waals surface area contributed by atoms with E-state index in [1.54, 1.807) is 27.8 Å². The van der Waals surface area contributed by atoms with Gasteiger partial charge in [-0.25, -0.2) is 0 Å². The van der Waals surface area contributed by atoms with Crippen molar-refractivity contribution in [2.24, 2.45) is 34.0 Å². The smallest absolute Gasteiger partial charge is 0.243 e. The number of hydrogen-bond donors (Lipinski definition) is 3. The van der Waals surface area contributed by atoms with Crippen molar-refractivity contribution in [2.45, 2.75) is 165 Å². The molecule has 0 aromatic rings. The second-order valence-corrected chi connectivity index (χ2v) is 17.9. The first-order valence-electron chi connectivity index (χ1n) is 18.6. The summed E-state index contributed by atoms with van der Waals surface area (Å²) in [5, 5.41) is 8.55. The van der Waals surface area contributed by atoms with Gasteiger partial charge in [0.1, 0.15) is 11.8 Å². The molecule has 10 heteroatoms. The summed E-state index contributed by atoms with van der Waals surface area (Å²) in [6, 6.07) is -1.85. The van der Waals surface area contributed by atoms with Crippen LogP contribution in [-0.2, 0) is 28.8 Å². The topological polar surface area (TPSA) is 142 Å². The monoisotopic (exact) mass is 691 g/mol. The van der Waals surface area contributed by atoms with Crippen molar-refractivity contribution < 1.29 is 28.8 Å². The van der Waals surface area contributed by atoms with Crippen LogP contribution in [0.1, 0.15) is 147 Å². The third-order valence-electron chi connectivity index (χ3n) is 9.98. The summed E-state index contributed by atoms with van der Waals surface area (Å²) in [6.07, 6.45) is 7.38. The lowest BCUT2D eigenvalue weighted by atomic mass is 9.78. The lowest BCUT2D eigenvalue weighted by Gasteiger charge is -2.36. The van der Waals surface area contributed by atoms with Gasteiger partial charge in [0.15, 0.2) is 5.78 Å². The predicted octanol–water partition coefficient (Wildman–Crippen LogP) is 6.00. The van der Waals surface area contributed by atoms with Crippen LogP contribution in [-0.4, -0.2) is 71.8 Å². The standard InChI is InChI=1S/C39H70N4O6/c1-14-29(37(4,5)6)41-31(46)24-40-35(48)27(23-30(45)38(7,8)9)22-28(44)34(39(10,11)12)42-36(49)33(25(2)3)43(13)32(47)21-20-26-18-16-15-17-19-26/h25-27,29,33-34H,14-24H2,1-13H3,(H,40,48)(H,41,46)(H,42,49)/t27-,29?,33?,34+/m0/s1. The van der Waals surface area contributed by atoms with Gasteiger partial charge in [0.2, 0.25) is 23.6 Å². The average molecular weight is 691 g/mol. The van der Waals surface area contributed by atoms with Crippen molar-refractivity contribution in [3.63, 3.8) is 0 Å². The first-order chi connectivity index (χ1) is 22.4. The van der Waals surface area contributed by atoms with Gasteiger partial charge in [-0.2, -0.15) is 0 Å². The maximum absolute atomic E-state index is 14.0. The summed E-state index contributed by atoms with van der Waals surface area (Å²) in [6.45, 7) is 22.3. The molecule has 1 rings (SSSR count). The van der Waals surface area contributed by atoms with Crippen LogP contribution in [0.5, 0.6) is 0 Å². The molecular weight excluding hydrogens is 620 g/mol. The zero-order chi connectivity index (χ0) is 37.9. The predicted molar refractivity (Wildman–Crippen MR) is 195 cm³/mol. The number of hydrogen-bond acceptors (Lipinski definition) is 6. The number of carbonyl (C=O) groups excluding carboxylic acids is 6.